The Balaban J connectivity index is 2.08. The molecule has 0 spiro atoms. The van der Waals surface area contributed by atoms with Crippen molar-refractivity contribution in [1.29, 1.82) is 0 Å². The molecule has 1 aromatic rings. The Labute approximate surface area is 108 Å². The Morgan fingerprint density at radius 2 is 2.29 bits per heavy atom. The number of hydrogen-bond donors (Lipinski definition) is 1. The Bertz CT molecular complexity index is 502. The van der Waals surface area contributed by atoms with Crippen LogP contribution in [-0.2, 0) is 10.3 Å². The first-order valence-electron chi connectivity index (χ1n) is 6.04. The van der Waals surface area contributed by atoms with E-state index in [1.165, 1.54) is 0 Å². The summed E-state index contributed by atoms with van der Waals surface area (Å²) in [6.07, 6.45) is 4.20. The van der Waals surface area contributed by atoms with Crippen LogP contribution in [0.15, 0.2) is 9.27 Å². The highest BCUT2D eigenvalue weighted by atomic mass is 79.9. The molecule has 2 aliphatic rings. The van der Waals surface area contributed by atoms with Crippen molar-refractivity contribution in [2.45, 2.75) is 44.1 Å². The van der Waals surface area contributed by atoms with Crippen molar-refractivity contribution < 1.29 is 4.74 Å². The van der Waals surface area contributed by atoms with Gasteiger partial charge in [0, 0.05) is 12.5 Å². The first kappa shape index (κ1) is 11.4. The maximum Gasteiger partial charge on any atom is 0.265 e. The summed E-state index contributed by atoms with van der Waals surface area (Å²) >= 11 is 3.33. The van der Waals surface area contributed by atoms with Gasteiger partial charge in [0.05, 0.1) is 5.69 Å². The summed E-state index contributed by atoms with van der Waals surface area (Å²) < 4.78 is 6.32. The molecule has 0 aromatic carbocycles. The van der Waals surface area contributed by atoms with Gasteiger partial charge in [-0.1, -0.05) is 0 Å². The third-order valence-electron chi connectivity index (χ3n) is 3.57. The molecule has 0 bridgehead atoms. The molecule has 1 atom stereocenters. The van der Waals surface area contributed by atoms with Crippen molar-refractivity contribution in [3.63, 3.8) is 0 Å². The Hall–Kier alpha value is -0.680. The zero-order valence-corrected chi connectivity index (χ0v) is 11.3. The highest BCUT2D eigenvalue weighted by Gasteiger charge is 2.37. The molecule has 1 unspecified atom stereocenters. The van der Waals surface area contributed by atoms with E-state index in [1.54, 1.807) is 0 Å². The first-order chi connectivity index (χ1) is 8.10. The molecule has 1 saturated carbocycles. The van der Waals surface area contributed by atoms with Crippen LogP contribution in [-0.4, -0.2) is 16.6 Å². The second kappa shape index (κ2) is 3.92. The van der Waals surface area contributed by atoms with Crippen LogP contribution in [0.25, 0.3) is 0 Å². The Morgan fingerprint density at radius 1 is 1.53 bits per heavy atom. The number of aromatic amines is 1. The van der Waals surface area contributed by atoms with Gasteiger partial charge >= 0.3 is 0 Å². The number of nitrogens with zero attached hydrogens (tertiary/aromatic N) is 1. The molecule has 1 aromatic heterocycles. The lowest BCUT2D eigenvalue weighted by Crippen LogP contribution is -2.28. The van der Waals surface area contributed by atoms with E-state index < -0.39 is 5.60 Å². The summed E-state index contributed by atoms with van der Waals surface area (Å²) in [4.78, 5) is 19.4. The van der Waals surface area contributed by atoms with Crippen molar-refractivity contribution in [3.8, 4) is 0 Å². The van der Waals surface area contributed by atoms with Crippen LogP contribution in [0.2, 0.25) is 0 Å². The maximum atomic E-state index is 11.9. The standard InChI is InChI=1S/C12H15BrN2O2/c1-12(5-2-6-17-12)11-14-9(7-3-4-7)8(13)10(16)15-11/h7H,2-6H2,1H3,(H,14,15,16). The van der Waals surface area contributed by atoms with Crippen LogP contribution < -0.4 is 5.56 Å². The minimum Gasteiger partial charge on any atom is -0.367 e. The summed E-state index contributed by atoms with van der Waals surface area (Å²) in [7, 11) is 0. The molecule has 92 valence electrons. The number of H-pyrrole nitrogens is 1. The van der Waals surface area contributed by atoms with E-state index >= 15 is 0 Å². The lowest BCUT2D eigenvalue weighted by molar-refractivity contribution is 0.00891. The molecule has 1 N–H and O–H groups in total. The van der Waals surface area contributed by atoms with Crippen molar-refractivity contribution >= 4 is 15.9 Å². The van der Waals surface area contributed by atoms with Crippen molar-refractivity contribution in [3.05, 3.63) is 26.3 Å². The van der Waals surface area contributed by atoms with Crippen LogP contribution in [0.1, 0.15) is 50.0 Å². The van der Waals surface area contributed by atoms with Gasteiger partial charge in [-0.05, 0) is 48.5 Å². The number of hydrogen-bond acceptors (Lipinski definition) is 3. The highest BCUT2D eigenvalue weighted by Crippen LogP contribution is 2.42. The number of rotatable bonds is 2. The predicted molar refractivity (Wildman–Crippen MR) is 67.1 cm³/mol. The fourth-order valence-corrected chi connectivity index (χ4v) is 2.83. The lowest BCUT2D eigenvalue weighted by Gasteiger charge is -2.22. The Morgan fingerprint density at radius 3 is 2.88 bits per heavy atom. The molecule has 4 nitrogen and oxygen atoms in total. The van der Waals surface area contributed by atoms with Gasteiger partial charge in [0.25, 0.3) is 5.56 Å². The molecular formula is C12H15BrN2O2. The van der Waals surface area contributed by atoms with E-state index in [-0.39, 0.29) is 5.56 Å². The van der Waals surface area contributed by atoms with Crippen LogP contribution in [0.4, 0.5) is 0 Å². The molecule has 0 amide bonds. The normalized spacial score (nSPS) is 28.6. The fraction of sp³-hybridized carbons (Fsp3) is 0.667. The second-order valence-corrected chi connectivity index (χ2v) is 5.86. The molecule has 2 heterocycles. The number of nitrogens with one attached hydrogen (secondary N) is 1. The summed E-state index contributed by atoms with van der Waals surface area (Å²) in [5.41, 5.74) is 0.401. The van der Waals surface area contributed by atoms with Crippen molar-refractivity contribution in [2.24, 2.45) is 0 Å². The molecule has 17 heavy (non-hydrogen) atoms. The van der Waals surface area contributed by atoms with E-state index in [2.05, 4.69) is 25.9 Å². The molecule has 1 aliphatic heterocycles. The summed E-state index contributed by atoms with van der Waals surface area (Å²) in [5, 5.41) is 0. The van der Waals surface area contributed by atoms with E-state index in [0.717, 1.165) is 38.0 Å². The van der Waals surface area contributed by atoms with Crippen LogP contribution in [0.5, 0.6) is 0 Å². The third-order valence-corrected chi connectivity index (χ3v) is 4.34. The van der Waals surface area contributed by atoms with Gasteiger partial charge in [-0.3, -0.25) is 4.79 Å². The number of aromatic nitrogens is 2. The smallest absolute Gasteiger partial charge is 0.265 e. The first-order valence-corrected chi connectivity index (χ1v) is 6.83. The minimum absolute atomic E-state index is 0.0892. The van der Waals surface area contributed by atoms with Gasteiger partial charge in [0.15, 0.2) is 0 Å². The fourth-order valence-electron chi connectivity index (χ4n) is 2.32. The Kier molecular flexibility index (Phi) is 2.63. The molecule has 5 heteroatoms. The average molecular weight is 299 g/mol. The molecule has 0 radical (unpaired) electrons. The maximum absolute atomic E-state index is 11.9. The van der Waals surface area contributed by atoms with Gasteiger partial charge in [0.1, 0.15) is 15.9 Å². The zero-order chi connectivity index (χ0) is 12.0. The van der Waals surface area contributed by atoms with Crippen molar-refractivity contribution in [1.82, 2.24) is 9.97 Å². The predicted octanol–water partition coefficient (Wildman–Crippen LogP) is 2.44. The highest BCUT2D eigenvalue weighted by molar-refractivity contribution is 9.10. The number of ether oxygens (including phenoxy) is 1. The van der Waals surface area contributed by atoms with Crippen LogP contribution >= 0.6 is 15.9 Å². The molecular weight excluding hydrogens is 284 g/mol. The average Bonchev–Trinajstić information content (AvgIpc) is 3.05. The zero-order valence-electron chi connectivity index (χ0n) is 9.75. The van der Waals surface area contributed by atoms with Crippen LogP contribution in [0.3, 0.4) is 0 Å². The number of halogens is 1. The molecule has 2 fully saturated rings. The summed E-state index contributed by atoms with van der Waals surface area (Å²) in [6, 6.07) is 0. The van der Waals surface area contributed by atoms with Gasteiger partial charge in [-0.25, -0.2) is 4.98 Å². The quantitative estimate of drug-likeness (QED) is 0.912. The van der Waals surface area contributed by atoms with Crippen LogP contribution in [0, 0.1) is 0 Å². The van der Waals surface area contributed by atoms with Crippen molar-refractivity contribution in [2.75, 3.05) is 6.61 Å². The van der Waals surface area contributed by atoms with E-state index in [0.29, 0.717) is 16.2 Å². The van der Waals surface area contributed by atoms with Gasteiger partial charge in [-0.15, -0.1) is 0 Å². The molecule has 3 rings (SSSR count). The summed E-state index contributed by atoms with van der Waals surface area (Å²) in [6.45, 7) is 2.75. The van der Waals surface area contributed by atoms with E-state index in [9.17, 15) is 4.79 Å². The third kappa shape index (κ3) is 1.95. The monoisotopic (exact) mass is 298 g/mol. The largest absolute Gasteiger partial charge is 0.367 e. The minimum atomic E-state index is -0.413. The summed E-state index contributed by atoms with van der Waals surface area (Å²) in [5.74, 6) is 1.14. The molecule has 1 saturated heterocycles. The van der Waals surface area contributed by atoms with E-state index in [1.807, 2.05) is 6.92 Å². The topological polar surface area (TPSA) is 55.0 Å². The second-order valence-electron chi connectivity index (χ2n) is 5.07. The van der Waals surface area contributed by atoms with Gasteiger partial charge in [-0.2, -0.15) is 0 Å². The van der Waals surface area contributed by atoms with Gasteiger partial charge < -0.3 is 9.72 Å². The SMILES string of the molecule is CC1(c2nc(C3CC3)c(Br)c(=O)[nH]2)CCCO1. The molecule has 1 aliphatic carbocycles. The van der Waals surface area contributed by atoms with E-state index in [4.69, 9.17) is 4.74 Å². The lowest BCUT2D eigenvalue weighted by atomic mass is 10.0. The van der Waals surface area contributed by atoms with Gasteiger partial charge in [0.2, 0.25) is 0 Å².